The summed E-state index contributed by atoms with van der Waals surface area (Å²) < 4.78 is 5.17. The van der Waals surface area contributed by atoms with Gasteiger partial charge in [-0.3, -0.25) is 4.79 Å². The van der Waals surface area contributed by atoms with Crippen LogP contribution in [0.5, 0.6) is 0 Å². The van der Waals surface area contributed by atoms with Gasteiger partial charge in [-0.05, 0) is 20.3 Å². The molecular formula is C11H17NO4. The number of allylic oxidation sites excluding steroid dienone is 1. The zero-order valence-corrected chi connectivity index (χ0v) is 9.65. The molecule has 5 nitrogen and oxygen atoms in total. The van der Waals surface area contributed by atoms with Gasteiger partial charge in [-0.15, -0.1) is 0 Å². The van der Waals surface area contributed by atoms with Crippen LogP contribution in [0.4, 0.5) is 0 Å². The van der Waals surface area contributed by atoms with Crippen LogP contribution in [-0.4, -0.2) is 41.6 Å². The largest absolute Gasteiger partial charge is 0.478 e. The quantitative estimate of drug-likeness (QED) is 0.687. The van der Waals surface area contributed by atoms with Crippen molar-refractivity contribution in [2.24, 2.45) is 0 Å². The smallest absolute Gasteiger partial charge is 0.333 e. The molecule has 0 bridgehead atoms. The second-order valence-electron chi connectivity index (χ2n) is 3.64. The molecule has 1 heterocycles. The summed E-state index contributed by atoms with van der Waals surface area (Å²) >= 11 is 0. The molecule has 0 atom stereocenters. The summed E-state index contributed by atoms with van der Waals surface area (Å²) in [6, 6.07) is 0. The van der Waals surface area contributed by atoms with Crippen molar-refractivity contribution in [2.75, 3.05) is 19.8 Å². The highest BCUT2D eigenvalue weighted by atomic mass is 16.5. The van der Waals surface area contributed by atoms with Crippen molar-refractivity contribution in [3.63, 3.8) is 0 Å². The zero-order chi connectivity index (χ0) is 12.1. The minimum Gasteiger partial charge on any atom is -0.478 e. The van der Waals surface area contributed by atoms with Crippen LogP contribution in [0.15, 0.2) is 11.3 Å². The normalized spacial score (nSPS) is 16.1. The van der Waals surface area contributed by atoms with Gasteiger partial charge in [0, 0.05) is 25.5 Å². The van der Waals surface area contributed by atoms with Gasteiger partial charge in [0.15, 0.2) is 0 Å². The van der Waals surface area contributed by atoms with Crippen LogP contribution in [0.3, 0.4) is 0 Å². The molecule has 0 fully saturated rings. The molecule has 0 radical (unpaired) electrons. The van der Waals surface area contributed by atoms with E-state index in [4.69, 9.17) is 9.84 Å². The fraction of sp³-hybridized carbons (Fsp3) is 0.636. The van der Waals surface area contributed by atoms with E-state index in [0.717, 1.165) is 6.42 Å². The summed E-state index contributed by atoms with van der Waals surface area (Å²) in [4.78, 5) is 23.9. The summed E-state index contributed by atoms with van der Waals surface area (Å²) in [7, 11) is 0. The molecule has 0 unspecified atom stereocenters. The maximum atomic E-state index is 11.5. The van der Waals surface area contributed by atoms with Crippen molar-refractivity contribution in [1.29, 1.82) is 0 Å². The molecule has 1 N–H and O–H groups in total. The molecule has 0 saturated carbocycles. The lowest BCUT2D eigenvalue weighted by molar-refractivity contribution is -0.134. The van der Waals surface area contributed by atoms with Crippen LogP contribution >= 0.6 is 0 Å². The van der Waals surface area contributed by atoms with E-state index in [1.165, 1.54) is 4.90 Å². The van der Waals surface area contributed by atoms with Gasteiger partial charge in [0.2, 0.25) is 5.91 Å². The number of amides is 1. The Morgan fingerprint density at radius 2 is 2.25 bits per heavy atom. The average Bonchev–Trinajstić information content (AvgIpc) is 2.51. The average molecular weight is 227 g/mol. The van der Waals surface area contributed by atoms with Gasteiger partial charge in [0.1, 0.15) is 0 Å². The fourth-order valence-electron chi connectivity index (χ4n) is 1.72. The summed E-state index contributed by atoms with van der Waals surface area (Å²) in [6.07, 6.45) is 0.736. The van der Waals surface area contributed by atoms with Crippen molar-refractivity contribution >= 4 is 11.9 Å². The van der Waals surface area contributed by atoms with Crippen molar-refractivity contribution in [1.82, 2.24) is 4.90 Å². The third kappa shape index (κ3) is 2.82. The summed E-state index contributed by atoms with van der Waals surface area (Å²) in [6.45, 7) is 5.37. The molecule has 0 aromatic carbocycles. The van der Waals surface area contributed by atoms with E-state index in [9.17, 15) is 9.59 Å². The first-order valence-corrected chi connectivity index (χ1v) is 5.39. The lowest BCUT2D eigenvalue weighted by Gasteiger charge is -2.17. The predicted molar refractivity (Wildman–Crippen MR) is 57.8 cm³/mol. The molecular weight excluding hydrogens is 210 g/mol. The van der Waals surface area contributed by atoms with Crippen molar-refractivity contribution in [3.8, 4) is 0 Å². The number of rotatable bonds is 6. The molecule has 1 rings (SSSR count). The van der Waals surface area contributed by atoms with Gasteiger partial charge in [0.25, 0.3) is 0 Å². The molecule has 0 aromatic heterocycles. The third-order valence-electron chi connectivity index (χ3n) is 2.60. The first-order chi connectivity index (χ1) is 7.57. The van der Waals surface area contributed by atoms with Crippen LogP contribution < -0.4 is 0 Å². The second-order valence-corrected chi connectivity index (χ2v) is 3.64. The number of nitrogens with zero attached hydrogens (tertiary/aromatic N) is 1. The van der Waals surface area contributed by atoms with Crippen LogP contribution in [0, 0.1) is 0 Å². The highest BCUT2D eigenvalue weighted by Crippen LogP contribution is 2.23. The number of carboxylic acids is 1. The number of hydrogen-bond acceptors (Lipinski definition) is 3. The number of carbonyl (C=O) groups excluding carboxylic acids is 1. The number of carbonyl (C=O) groups is 2. The summed E-state index contributed by atoms with van der Waals surface area (Å²) in [5, 5.41) is 8.87. The summed E-state index contributed by atoms with van der Waals surface area (Å²) in [5.74, 6) is -1.13. The predicted octanol–water partition coefficient (Wildman–Crippen LogP) is 1.00. The highest BCUT2D eigenvalue weighted by Gasteiger charge is 2.30. The number of carboxylic acid groups (broad SMARTS) is 1. The third-order valence-corrected chi connectivity index (χ3v) is 2.60. The standard InChI is InChI=1S/C11H17NO4/c1-3-16-6-4-5-12-8(2)9(11(14)15)7-10(12)13/h3-7H2,1-2H3,(H,14,15). The molecule has 0 aliphatic carbocycles. The highest BCUT2D eigenvalue weighted by molar-refractivity contribution is 5.99. The lowest BCUT2D eigenvalue weighted by Crippen LogP contribution is -2.26. The molecule has 1 amide bonds. The first kappa shape index (κ1) is 12.7. The van der Waals surface area contributed by atoms with E-state index in [0.29, 0.717) is 25.5 Å². The molecule has 90 valence electrons. The number of ether oxygens (including phenoxy) is 1. The second kappa shape index (κ2) is 5.65. The Balaban J connectivity index is 2.53. The van der Waals surface area contributed by atoms with Crippen LogP contribution in [0.1, 0.15) is 26.7 Å². The molecule has 0 saturated heterocycles. The molecule has 1 aliphatic rings. The Morgan fingerprint density at radius 3 is 2.75 bits per heavy atom. The Morgan fingerprint density at radius 1 is 1.56 bits per heavy atom. The van der Waals surface area contributed by atoms with Crippen molar-refractivity contribution < 1.29 is 19.4 Å². The molecule has 0 spiro atoms. The maximum absolute atomic E-state index is 11.5. The summed E-state index contributed by atoms with van der Waals surface area (Å²) in [5.41, 5.74) is 0.774. The van der Waals surface area contributed by atoms with Gasteiger partial charge in [-0.1, -0.05) is 0 Å². The van der Waals surface area contributed by atoms with Gasteiger partial charge < -0.3 is 14.7 Å². The van der Waals surface area contributed by atoms with Crippen LogP contribution in [0.2, 0.25) is 0 Å². The van der Waals surface area contributed by atoms with E-state index >= 15 is 0 Å². The van der Waals surface area contributed by atoms with Crippen LogP contribution in [-0.2, 0) is 14.3 Å². The Kier molecular flexibility index (Phi) is 4.49. The molecule has 1 aliphatic heterocycles. The monoisotopic (exact) mass is 227 g/mol. The fourth-order valence-corrected chi connectivity index (χ4v) is 1.72. The maximum Gasteiger partial charge on any atom is 0.333 e. The zero-order valence-electron chi connectivity index (χ0n) is 9.65. The molecule has 16 heavy (non-hydrogen) atoms. The van der Waals surface area contributed by atoms with Gasteiger partial charge in [-0.2, -0.15) is 0 Å². The van der Waals surface area contributed by atoms with Crippen LogP contribution in [0.25, 0.3) is 0 Å². The SMILES string of the molecule is CCOCCCN1C(=O)CC(C(=O)O)=C1C. The Labute approximate surface area is 94.7 Å². The van der Waals surface area contributed by atoms with E-state index in [1.54, 1.807) is 6.92 Å². The first-order valence-electron chi connectivity index (χ1n) is 5.39. The molecule has 5 heteroatoms. The van der Waals surface area contributed by atoms with Gasteiger partial charge >= 0.3 is 5.97 Å². The van der Waals surface area contributed by atoms with Gasteiger partial charge in [-0.25, -0.2) is 4.79 Å². The number of aliphatic carboxylic acids is 1. The van der Waals surface area contributed by atoms with Gasteiger partial charge in [0.05, 0.1) is 12.0 Å². The van der Waals surface area contributed by atoms with E-state index in [1.807, 2.05) is 6.92 Å². The topological polar surface area (TPSA) is 66.8 Å². The molecule has 0 aromatic rings. The van der Waals surface area contributed by atoms with Crippen molar-refractivity contribution in [3.05, 3.63) is 11.3 Å². The Bertz CT molecular complexity index is 322. The van der Waals surface area contributed by atoms with E-state index in [-0.39, 0.29) is 17.9 Å². The van der Waals surface area contributed by atoms with E-state index < -0.39 is 5.97 Å². The number of hydrogen-bond donors (Lipinski definition) is 1. The Hall–Kier alpha value is -1.36. The van der Waals surface area contributed by atoms with E-state index in [2.05, 4.69) is 0 Å². The minimum atomic E-state index is -1.00. The van der Waals surface area contributed by atoms with Crippen molar-refractivity contribution in [2.45, 2.75) is 26.7 Å². The minimum absolute atomic E-state index is 0.00972. The lowest BCUT2D eigenvalue weighted by atomic mass is 10.2.